The quantitative estimate of drug-likeness (QED) is 0.880. The monoisotopic (exact) mass is 321 g/mol. The van der Waals surface area contributed by atoms with E-state index in [1.165, 1.54) is 17.2 Å². The van der Waals surface area contributed by atoms with Crippen molar-refractivity contribution in [2.75, 3.05) is 7.05 Å². The van der Waals surface area contributed by atoms with Crippen LogP contribution in [0.15, 0.2) is 46.9 Å². The summed E-state index contributed by atoms with van der Waals surface area (Å²) in [5, 5.41) is 3.25. The van der Waals surface area contributed by atoms with Gasteiger partial charge in [0.15, 0.2) is 0 Å². The molecular formula is C16H17BrFN. The second-order valence-corrected chi connectivity index (χ2v) is 5.55. The molecule has 0 bridgehead atoms. The van der Waals surface area contributed by atoms with Gasteiger partial charge in [0.05, 0.1) is 0 Å². The van der Waals surface area contributed by atoms with Crippen LogP contribution in [0, 0.1) is 12.7 Å². The van der Waals surface area contributed by atoms with Crippen LogP contribution in [-0.4, -0.2) is 7.05 Å². The summed E-state index contributed by atoms with van der Waals surface area (Å²) in [6.45, 7) is 2.07. The molecule has 0 aliphatic carbocycles. The van der Waals surface area contributed by atoms with Crippen LogP contribution in [-0.2, 0) is 6.42 Å². The molecule has 100 valence electrons. The highest BCUT2D eigenvalue weighted by Gasteiger charge is 2.14. The van der Waals surface area contributed by atoms with Gasteiger partial charge < -0.3 is 5.32 Å². The molecule has 1 unspecified atom stereocenters. The predicted molar refractivity (Wildman–Crippen MR) is 80.8 cm³/mol. The third kappa shape index (κ3) is 3.64. The summed E-state index contributed by atoms with van der Waals surface area (Å²) in [6, 6.07) is 13.3. The van der Waals surface area contributed by atoms with E-state index in [0.29, 0.717) is 0 Å². The van der Waals surface area contributed by atoms with E-state index in [1.807, 2.05) is 7.05 Å². The van der Waals surface area contributed by atoms with Crippen LogP contribution in [0.2, 0.25) is 0 Å². The summed E-state index contributed by atoms with van der Waals surface area (Å²) >= 11 is 3.49. The van der Waals surface area contributed by atoms with Crippen LogP contribution in [0.4, 0.5) is 4.39 Å². The Labute approximate surface area is 122 Å². The van der Waals surface area contributed by atoms with E-state index in [2.05, 4.69) is 52.4 Å². The average Bonchev–Trinajstić information content (AvgIpc) is 2.41. The maximum atomic E-state index is 13.4. The number of benzene rings is 2. The number of hydrogen-bond acceptors (Lipinski definition) is 1. The van der Waals surface area contributed by atoms with Crippen molar-refractivity contribution in [1.29, 1.82) is 0 Å². The molecule has 0 heterocycles. The first-order valence-corrected chi connectivity index (χ1v) is 7.07. The van der Waals surface area contributed by atoms with Gasteiger partial charge in [-0.2, -0.15) is 0 Å². The first-order chi connectivity index (χ1) is 9.10. The Hall–Kier alpha value is -1.19. The van der Waals surface area contributed by atoms with Crippen molar-refractivity contribution in [3.63, 3.8) is 0 Å². The molecule has 19 heavy (non-hydrogen) atoms. The molecule has 0 aliphatic heterocycles. The average molecular weight is 322 g/mol. The zero-order chi connectivity index (χ0) is 13.8. The Morgan fingerprint density at radius 3 is 2.47 bits per heavy atom. The van der Waals surface area contributed by atoms with Crippen LogP contribution in [0.1, 0.15) is 22.7 Å². The maximum absolute atomic E-state index is 13.4. The molecule has 2 aromatic carbocycles. The van der Waals surface area contributed by atoms with Crippen LogP contribution in [0.25, 0.3) is 0 Å². The smallest absolute Gasteiger partial charge is 0.123 e. The van der Waals surface area contributed by atoms with Gasteiger partial charge in [-0.05, 0) is 49.7 Å². The number of aryl methyl sites for hydroxylation is 1. The van der Waals surface area contributed by atoms with E-state index >= 15 is 0 Å². The third-order valence-corrected chi connectivity index (χ3v) is 3.96. The minimum absolute atomic E-state index is 0.0905. The number of halogens is 2. The molecule has 0 aromatic heterocycles. The molecule has 0 spiro atoms. The van der Waals surface area contributed by atoms with Crippen LogP contribution in [0.5, 0.6) is 0 Å². The van der Waals surface area contributed by atoms with E-state index in [9.17, 15) is 4.39 Å². The van der Waals surface area contributed by atoms with Crippen LogP contribution in [0.3, 0.4) is 0 Å². The lowest BCUT2D eigenvalue weighted by Gasteiger charge is -2.18. The summed E-state index contributed by atoms with van der Waals surface area (Å²) in [4.78, 5) is 0. The van der Waals surface area contributed by atoms with E-state index in [0.717, 1.165) is 16.5 Å². The fraction of sp³-hybridized carbons (Fsp3) is 0.250. The summed E-state index contributed by atoms with van der Waals surface area (Å²) in [5.41, 5.74) is 3.43. The molecule has 0 aliphatic rings. The Morgan fingerprint density at radius 1 is 1.16 bits per heavy atom. The largest absolute Gasteiger partial charge is 0.313 e. The van der Waals surface area contributed by atoms with E-state index in [1.54, 1.807) is 12.1 Å². The molecule has 0 fully saturated rings. The molecule has 0 saturated heterocycles. The van der Waals surface area contributed by atoms with Crippen LogP contribution >= 0.6 is 15.9 Å². The van der Waals surface area contributed by atoms with Crippen LogP contribution < -0.4 is 5.32 Å². The van der Waals surface area contributed by atoms with Crippen molar-refractivity contribution in [1.82, 2.24) is 5.32 Å². The van der Waals surface area contributed by atoms with Gasteiger partial charge in [-0.1, -0.05) is 45.8 Å². The zero-order valence-corrected chi connectivity index (χ0v) is 12.7. The minimum atomic E-state index is -0.206. The highest BCUT2D eigenvalue weighted by atomic mass is 79.9. The standard InChI is InChI=1S/C16H17BrFN/c1-11-3-5-12(6-4-11)9-16(19-2)14-10-13(18)7-8-15(14)17/h3-8,10,16,19H,9H2,1-2H3. The first kappa shape index (κ1) is 14.2. The normalized spacial score (nSPS) is 12.4. The van der Waals surface area contributed by atoms with Gasteiger partial charge in [0, 0.05) is 10.5 Å². The van der Waals surface area contributed by atoms with E-state index in [-0.39, 0.29) is 11.9 Å². The molecule has 0 saturated carbocycles. The number of hydrogen-bond donors (Lipinski definition) is 1. The molecule has 1 N–H and O–H groups in total. The highest BCUT2D eigenvalue weighted by Crippen LogP contribution is 2.26. The molecule has 1 nitrogen and oxygen atoms in total. The topological polar surface area (TPSA) is 12.0 Å². The fourth-order valence-electron chi connectivity index (χ4n) is 2.11. The molecular weight excluding hydrogens is 305 g/mol. The zero-order valence-electron chi connectivity index (χ0n) is 11.1. The lowest BCUT2D eigenvalue weighted by molar-refractivity contribution is 0.575. The Morgan fingerprint density at radius 2 is 1.84 bits per heavy atom. The molecule has 0 radical (unpaired) electrons. The summed E-state index contributed by atoms with van der Waals surface area (Å²) in [7, 11) is 1.90. The van der Waals surface area contributed by atoms with Crippen molar-refractivity contribution in [3.8, 4) is 0 Å². The fourth-order valence-corrected chi connectivity index (χ4v) is 2.63. The maximum Gasteiger partial charge on any atom is 0.123 e. The van der Waals surface area contributed by atoms with Crippen molar-refractivity contribution in [2.45, 2.75) is 19.4 Å². The second-order valence-electron chi connectivity index (χ2n) is 4.70. The molecule has 2 aromatic rings. The van der Waals surface area contributed by atoms with E-state index in [4.69, 9.17) is 0 Å². The van der Waals surface area contributed by atoms with E-state index < -0.39 is 0 Å². The van der Waals surface area contributed by atoms with Gasteiger partial charge in [-0.15, -0.1) is 0 Å². The predicted octanol–water partition coefficient (Wildman–Crippen LogP) is 4.40. The summed E-state index contributed by atoms with van der Waals surface area (Å²) in [6.07, 6.45) is 0.832. The Bertz CT molecular complexity index is 551. The number of rotatable bonds is 4. The SMILES string of the molecule is CNC(Cc1ccc(C)cc1)c1cc(F)ccc1Br. The molecule has 3 heteroatoms. The van der Waals surface area contributed by atoms with Crippen molar-refractivity contribution >= 4 is 15.9 Å². The molecule has 2 rings (SSSR count). The van der Waals surface area contributed by atoms with Crippen molar-refractivity contribution in [3.05, 3.63) is 69.4 Å². The lowest BCUT2D eigenvalue weighted by Crippen LogP contribution is -2.19. The Kier molecular flexibility index (Phi) is 4.72. The highest BCUT2D eigenvalue weighted by molar-refractivity contribution is 9.10. The number of nitrogens with one attached hydrogen (secondary N) is 1. The molecule has 0 amide bonds. The lowest BCUT2D eigenvalue weighted by atomic mass is 9.98. The summed E-state index contributed by atoms with van der Waals surface area (Å²) < 4.78 is 14.3. The van der Waals surface area contributed by atoms with Crippen molar-refractivity contribution < 1.29 is 4.39 Å². The summed E-state index contributed by atoms with van der Waals surface area (Å²) in [5.74, 6) is -0.206. The van der Waals surface area contributed by atoms with Gasteiger partial charge >= 0.3 is 0 Å². The second kappa shape index (κ2) is 6.31. The Balaban J connectivity index is 2.24. The van der Waals surface area contributed by atoms with Gasteiger partial charge in [0.1, 0.15) is 5.82 Å². The van der Waals surface area contributed by atoms with Crippen molar-refractivity contribution in [2.24, 2.45) is 0 Å². The van der Waals surface area contributed by atoms with Gasteiger partial charge in [-0.25, -0.2) is 4.39 Å². The number of likely N-dealkylation sites (N-methyl/N-ethyl adjacent to an activating group) is 1. The first-order valence-electron chi connectivity index (χ1n) is 6.28. The van der Waals surface area contributed by atoms with Gasteiger partial charge in [0.2, 0.25) is 0 Å². The van der Waals surface area contributed by atoms with Gasteiger partial charge in [-0.3, -0.25) is 0 Å². The molecule has 1 atom stereocenters. The van der Waals surface area contributed by atoms with Gasteiger partial charge in [0.25, 0.3) is 0 Å². The minimum Gasteiger partial charge on any atom is -0.313 e. The third-order valence-electron chi connectivity index (χ3n) is 3.24.